The van der Waals surface area contributed by atoms with Crippen LogP contribution in [-0.2, 0) is 14.2 Å². The molecule has 9 nitrogen and oxygen atoms in total. The summed E-state index contributed by atoms with van der Waals surface area (Å²) in [5, 5.41) is 48.7. The van der Waals surface area contributed by atoms with Gasteiger partial charge in [0, 0.05) is 12.0 Å². The van der Waals surface area contributed by atoms with Gasteiger partial charge in [-0.3, -0.25) is 0 Å². The first-order valence-corrected chi connectivity index (χ1v) is 7.25. The second kappa shape index (κ2) is 6.63. The van der Waals surface area contributed by atoms with Crippen LogP contribution in [0.4, 0.5) is 0 Å². The van der Waals surface area contributed by atoms with Gasteiger partial charge >= 0.3 is 0 Å². The van der Waals surface area contributed by atoms with Crippen molar-refractivity contribution in [2.45, 2.75) is 75.0 Å². The molecule has 0 spiro atoms. The van der Waals surface area contributed by atoms with Crippen LogP contribution in [0.3, 0.4) is 0 Å². The minimum atomic E-state index is -1.54. The van der Waals surface area contributed by atoms with Crippen LogP contribution in [0.5, 0.6) is 0 Å². The second-order valence-corrected chi connectivity index (χ2v) is 6.26. The van der Waals surface area contributed by atoms with Crippen LogP contribution in [0.15, 0.2) is 0 Å². The van der Waals surface area contributed by atoms with E-state index in [1.807, 2.05) is 0 Å². The predicted octanol–water partition coefficient (Wildman–Crippen LogP) is -2.98. The van der Waals surface area contributed by atoms with Crippen molar-refractivity contribution in [2.75, 3.05) is 6.61 Å². The third kappa shape index (κ3) is 3.42. The second-order valence-electron chi connectivity index (χ2n) is 6.26. The summed E-state index contributed by atoms with van der Waals surface area (Å²) >= 11 is 0. The minimum absolute atomic E-state index is 0.133. The van der Waals surface area contributed by atoms with Gasteiger partial charge in [0.1, 0.15) is 24.4 Å². The van der Waals surface area contributed by atoms with Gasteiger partial charge in [-0.05, 0) is 13.8 Å². The number of aliphatic hydroxyl groups is 5. The predicted molar refractivity (Wildman–Crippen MR) is 72.4 cm³/mol. The summed E-state index contributed by atoms with van der Waals surface area (Å²) in [6, 6.07) is 0. The zero-order chi connectivity index (χ0) is 16.7. The zero-order valence-corrected chi connectivity index (χ0v) is 12.6. The van der Waals surface area contributed by atoms with Crippen molar-refractivity contribution < 1.29 is 39.7 Å². The van der Waals surface area contributed by atoms with Gasteiger partial charge in [0.15, 0.2) is 12.6 Å². The summed E-state index contributed by atoms with van der Waals surface area (Å²) in [6.45, 7) is 2.73. The molecule has 2 fully saturated rings. The highest BCUT2D eigenvalue weighted by molar-refractivity contribution is 4.96. The Hall–Kier alpha value is -0.360. The van der Waals surface area contributed by atoms with Gasteiger partial charge in [-0.25, -0.2) is 0 Å². The van der Waals surface area contributed by atoms with Gasteiger partial charge in [0.25, 0.3) is 0 Å². The van der Waals surface area contributed by atoms with Crippen LogP contribution < -0.4 is 5.73 Å². The van der Waals surface area contributed by atoms with Crippen molar-refractivity contribution in [3.63, 3.8) is 0 Å². The average molecular weight is 323 g/mol. The Labute approximate surface area is 128 Å². The summed E-state index contributed by atoms with van der Waals surface area (Å²) in [5.41, 5.74) is 5.04. The molecule has 2 rings (SSSR count). The van der Waals surface area contributed by atoms with E-state index in [0.717, 1.165) is 0 Å². The highest BCUT2D eigenvalue weighted by Gasteiger charge is 2.48. The lowest BCUT2D eigenvalue weighted by molar-refractivity contribution is -0.339. The Balaban J connectivity index is 2.04. The quantitative estimate of drug-likeness (QED) is 0.319. The Morgan fingerprint density at radius 1 is 1.18 bits per heavy atom. The molecule has 0 aromatic carbocycles. The summed E-state index contributed by atoms with van der Waals surface area (Å²) in [6.07, 6.45) is -9.00. The van der Waals surface area contributed by atoms with Gasteiger partial charge in [0.05, 0.1) is 18.8 Å². The van der Waals surface area contributed by atoms with Crippen molar-refractivity contribution in [1.82, 2.24) is 0 Å². The summed E-state index contributed by atoms with van der Waals surface area (Å²) in [7, 11) is 0. The van der Waals surface area contributed by atoms with Gasteiger partial charge in [-0.1, -0.05) is 0 Å². The smallest absolute Gasteiger partial charge is 0.184 e. The standard InChI is InChI=1S/C13H25NO8/c1-5-11(18)13(2,14)3-7(20-5)22-10-9(17)8(16)6(4-15)21-12(10)19/h5-12,15-19H,3-4,14H2,1-2H3/t5-,6+,7-,8+,9-,10+,11-,12+,13-/m0/s1. The van der Waals surface area contributed by atoms with E-state index in [1.54, 1.807) is 13.8 Å². The zero-order valence-electron chi connectivity index (χ0n) is 12.6. The lowest BCUT2D eigenvalue weighted by Crippen LogP contribution is -2.63. The van der Waals surface area contributed by atoms with Crippen LogP contribution in [0.1, 0.15) is 20.3 Å². The maximum absolute atomic E-state index is 10.0. The first-order chi connectivity index (χ1) is 10.2. The highest BCUT2D eigenvalue weighted by atomic mass is 16.7. The molecule has 9 heteroatoms. The van der Waals surface area contributed by atoms with Crippen molar-refractivity contribution in [1.29, 1.82) is 0 Å². The molecular weight excluding hydrogens is 298 g/mol. The van der Waals surface area contributed by atoms with E-state index >= 15 is 0 Å². The monoisotopic (exact) mass is 323 g/mol. The molecule has 22 heavy (non-hydrogen) atoms. The molecule has 0 radical (unpaired) electrons. The molecule has 2 aliphatic heterocycles. The minimum Gasteiger partial charge on any atom is -0.394 e. The van der Waals surface area contributed by atoms with Crippen molar-refractivity contribution >= 4 is 0 Å². The molecule has 0 bridgehead atoms. The number of nitrogens with two attached hydrogens (primary N) is 1. The molecule has 0 amide bonds. The first-order valence-electron chi connectivity index (χ1n) is 7.25. The van der Waals surface area contributed by atoms with Crippen LogP contribution in [-0.4, -0.2) is 86.9 Å². The SMILES string of the molecule is C[C@@H]1O[C@@H](O[C@@H]2[C@@H](O)[C@H](O)[C@@H](CO)O[C@H]2O)C[C@](C)(N)[C@H]1O. The molecule has 0 saturated carbocycles. The highest BCUT2D eigenvalue weighted by Crippen LogP contribution is 2.31. The molecular formula is C13H25NO8. The normalized spacial score (nSPS) is 53.5. The van der Waals surface area contributed by atoms with Crippen molar-refractivity contribution in [2.24, 2.45) is 5.73 Å². The lowest BCUT2D eigenvalue weighted by atomic mass is 9.86. The summed E-state index contributed by atoms with van der Waals surface area (Å²) in [4.78, 5) is 0. The van der Waals surface area contributed by atoms with Gasteiger partial charge in [-0.2, -0.15) is 0 Å². The molecule has 0 unspecified atom stereocenters. The first kappa shape index (κ1) is 18.0. The van der Waals surface area contributed by atoms with E-state index < -0.39 is 61.3 Å². The molecule has 2 heterocycles. The Bertz CT molecular complexity index is 381. The van der Waals surface area contributed by atoms with E-state index in [0.29, 0.717) is 0 Å². The molecule has 7 N–H and O–H groups in total. The van der Waals surface area contributed by atoms with Gasteiger partial charge in [-0.15, -0.1) is 0 Å². The fourth-order valence-electron chi connectivity index (χ4n) is 2.85. The fourth-order valence-corrected chi connectivity index (χ4v) is 2.85. The van der Waals surface area contributed by atoms with Crippen molar-refractivity contribution in [3.8, 4) is 0 Å². The fraction of sp³-hybridized carbons (Fsp3) is 1.00. The molecule has 130 valence electrons. The largest absolute Gasteiger partial charge is 0.394 e. The van der Waals surface area contributed by atoms with Gasteiger partial charge < -0.3 is 45.5 Å². The van der Waals surface area contributed by atoms with E-state index in [4.69, 9.17) is 25.1 Å². The maximum atomic E-state index is 10.0. The van der Waals surface area contributed by atoms with E-state index in [2.05, 4.69) is 0 Å². The average Bonchev–Trinajstić information content (AvgIpc) is 2.44. The van der Waals surface area contributed by atoms with Gasteiger partial charge in [0.2, 0.25) is 0 Å². The third-order valence-corrected chi connectivity index (χ3v) is 4.24. The van der Waals surface area contributed by atoms with E-state index in [9.17, 15) is 20.4 Å². The molecule has 2 saturated heterocycles. The molecule has 2 aliphatic rings. The number of rotatable bonds is 3. The number of hydrogen-bond acceptors (Lipinski definition) is 9. The number of ether oxygens (including phenoxy) is 3. The Morgan fingerprint density at radius 2 is 1.82 bits per heavy atom. The third-order valence-electron chi connectivity index (χ3n) is 4.24. The Kier molecular flexibility index (Phi) is 5.42. The molecule has 0 aliphatic carbocycles. The van der Waals surface area contributed by atoms with Crippen molar-refractivity contribution in [3.05, 3.63) is 0 Å². The van der Waals surface area contributed by atoms with Crippen LogP contribution in [0.2, 0.25) is 0 Å². The maximum Gasteiger partial charge on any atom is 0.184 e. The lowest BCUT2D eigenvalue weighted by Gasteiger charge is -2.46. The summed E-state index contributed by atoms with van der Waals surface area (Å²) < 4.78 is 16.0. The van der Waals surface area contributed by atoms with Crippen LogP contribution in [0.25, 0.3) is 0 Å². The molecule has 0 aromatic heterocycles. The van der Waals surface area contributed by atoms with Crippen LogP contribution >= 0.6 is 0 Å². The topological polar surface area (TPSA) is 155 Å². The van der Waals surface area contributed by atoms with E-state index in [-0.39, 0.29) is 6.42 Å². The molecule has 9 atom stereocenters. The Morgan fingerprint density at radius 3 is 2.36 bits per heavy atom. The van der Waals surface area contributed by atoms with Crippen LogP contribution in [0, 0.1) is 0 Å². The molecule has 0 aromatic rings. The summed E-state index contributed by atoms with van der Waals surface area (Å²) in [5.74, 6) is 0. The number of hydrogen-bond donors (Lipinski definition) is 6. The number of aliphatic hydroxyl groups excluding tert-OH is 5. The van der Waals surface area contributed by atoms with E-state index in [1.165, 1.54) is 0 Å².